The van der Waals surface area contributed by atoms with Crippen molar-refractivity contribution in [3.8, 4) is 28.3 Å². The Hall–Kier alpha value is -2.68. The quantitative estimate of drug-likeness (QED) is 0.185. The maximum absolute atomic E-state index is 9.22. The van der Waals surface area contributed by atoms with Crippen LogP contribution in [0.5, 0.6) is 5.75 Å². The summed E-state index contributed by atoms with van der Waals surface area (Å²) in [5, 5.41) is 0. The molecule has 8 heteroatoms. The molecule has 0 N–H and O–H groups in total. The molecule has 3 rings (SSSR count). The molecule has 0 aliphatic heterocycles. The van der Waals surface area contributed by atoms with Crippen LogP contribution in [0.1, 0.15) is 39.0 Å². The van der Waals surface area contributed by atoms with E-state index in [1.54, 1.807) is 0 Å². The number of aromatic nitrogens is 2. The monoisotopic (exact) mass is 474 g/mol. The first kappa shape index (κ1) is 26.6. The molecule has 0 saturated carbocycles. The van der Waals surface area contributed by atoms with Gasteiger partial charge in [-0.15, -0.1) is 4.68 Å². The van der Waals surface area contributed by atoms with Gasteiger partial charge in [-0.1, -0.05) is 81.1 Å². The van der Waals surface area contributed by atoms with Crippen LogP contribution in [0.15, 0.2) is 60.7 Å². The maximum atomic E-state index is 9.22. The minimum Gasteiger partial charge on any atom is -0.726 e. The average molecular weight is 475 g/mol. The second kappa shape index (κ2) is 13.1. The highest BCUT2D eigenvalue weighted by atomic mass is 32.3. The predicted octanol–water partition coefficient (Wildman–Crippen LogP) is 4.63. The van der Waals surface area contributed by atoms with Gasteiger partial charge in [0.25, 0.3) is 5.69 Å². The van der Waals surface area contributed by atoms with Gasteiger partial charge in [0.15, 0.2) is 12.7 Å². The highest BCUT2D eigenvalue weighted by molar-refractivity contribution is 7.80. The molecule has 7 nitrogen and oxygen atoms in total. The molecule has 0 amide bonds. The van der Waals surface area contributed by atoms with Gasteiger partial charge in [0, 0.05) is 5.56 Å². The first-order valence-corrected chi connectivity index (χ1v) is 12.5. The summed E-state index contributed by atoms with van der Waals surface area (Å²) in [6, 6.07) is 21.0. The Morgan fingerprint density at radius 2 is 1.42 bits per heavy atom. The Kier molecular flexibility index (Phi) is 10.6. The van der Waals surface area contributed by atoms with Crippen LogP contribution in [0, 0.1) is 0 Å². The Balaban J connectivity index is 0.000000569. The second-order valence-corrected chi connectivity index (χ2v) is 8.79. The topological polar surface area (TPSA) is 84.5 Å². The number of unbranched alkanes of at least 4 members (excludes halogenated alkanes) is 4. The summed E-state index contributed by atoms with van der Waals surface area (Å²) >= 11 is 0. The Labute approximate surface area is 197 Å². The van der Waals surface area contributed by atoms with Gasteiger partial charge >= 0.3 is 0 Å². The minimum atomic E-state index is -4.41. The van der Waals surface area contributed by atoms with Gasteiger partial charge in [-0.3, -0.25) is 4.18 Å². The molecule has 3 aromatic rings. The highest BCUT2D eigenvalue weighted by Gasteiger charge is 2.29. The fourth-order valence-corrected chi connectivity index (χ4v) is 3.55. The summed E-state index contributed by atoms with van der Waals surface area (Å²) in [6.45, 7) is 3.01. The van der Waals surface area contributed by atoms with Gasteiger partial charge in [0.1, 0.15) is 0 Å². The first-order valence-electron chi connectivity index (χ1n) is 11.1. The van der Waals surface area contributed by atoms with Crippen molar-refractivity contribution in [3.63, 3.8) is 0 Å². The summed E-state index contributed by atoms with van der Waals surface area (Å²) in [5.74, 6) is 0.980. The number of ether oxygens (including phenoxy) is 1. The van der Waals surface area contributed by atoms with Crippen molar-refractivity contribution >= 4 is 10.4 Å². The lowest BCUT2D eigenvalue weighted by atomic mass is 10.1. The molecule has 0 fully saturated rings. The molecule has 0 aliphatic carbocycles. The number of rotatable bonds is 10. The maximum Gasteiger partial charge on any atom is 0.280 e. The number of nitrogens with zero attached hydrogens (tertiary/aromatic N) is 2. The second-order valence-electron chi connectivity index (χ2n) is 7.64. The zero-order chi connectivity index (χ0) is 24.3. The summed E-state index contributed by atoms with van der Waals surface area (Å²) in [7, 11) is 0.596. The summed E-state index contributed by atoms with van der Waals surface area (Å²) in [5.41, 5.74) is 4.62. The van der Waals surface area contributed by atoms with Crippen LogP contribution in [-0.2, 0) is 28.7 Å². The third kappa shape index (κ3) is 7.99. The molecule has 180 valence electrons. The van der Waals surface area contributed by atoms with Crippen LogP contribution in [-0.4, -0.2) is 31.4 Å². The average Bonchev–Trinajstić information content (AvgIpc) is 3.07. The lowest BCUT2D eigenvalue weighted by molar-refractivity contribution is -0.740. The highest BCUT2D eigenvalue weighted by Crippen LogP contribution is 2.37. The molecule has 1 aromatic heterocycles. The van der Waals surface area contributed by atoms with Crippen molar-refractivity contribution in [1.29, 1.82) is 0 Å². The molecule has 0 aliphatic rings. The van der Waals surface area contributed by atoms with Crippen molar-refractivity contribution in [1.82, 2.24) is 4.68 Å². The number of benzene rings is 2. The molecule has 0 spiro atoms. The van der Waals surface area contributed by atoms with E-state index in [-0.39, 0.29) is 0 Å². The molecule has 0 unspecified atom stereocenters. The van der Waals surface area contributed by atoms with E-state index in [2.05, 4.69) is 95.2 Å². The smallest absolute Gasteiger partial charge is 0.280 e. The van der Waals surface area contributed by atoms with Gasteiger partial charge in [-0.2, -0.15) is 4.68 Å². The predicted molar refractivity (Wildman–Crippen MR) is 128 cm³/mol. The van der Waals surface area contributed by atoms with Crippen molar-refractivity contribution in [3.05, 3.63) is 60.7 Å². The largest absolute Gasteiger partial charge is 0.726 e. The van der Waals surface area contributed by atoms with Crippen LogP contribution in [0.25, 0.3) is 22.5 Å². The Morgan fingerprint density at radius 3 is 1.94 bits per heavy atom. The van der Waals surface area contributed by atoms with Crippen molar-refractivity contribution in [2.75, 3.05) is 13.7 Å². The fourth-order valence-electron chi connectivity index (χ4n) is 3.55. The molecular formula is C25H34N2O5S. The lowest BCUT2D eigenvalue weighted by Crippen LogP contribution is -2.39. The van der Waals surface area contributed by atoms with Gasteiger partial charge in [0.05, 0.1) is 26.3 Å². The number of hydrogen-bond donors (Lipinski definition) is 0. The van der Waals surface area contributed by atoms with Crippen molar-refractivity contribution < 1.29 is 26.6 Å². The van der Waals surface area contributed by atoms with Gasteiger partial charge in [-0.25, -0.2) is 8.42 Å². The van der Waals surface area contributed by atoms with E-state index in [0.717, 1.165) is 37.3 Å². The molecule has 0 radical (unpaired) electrons. The van der Waals surface area contributed by atoms with Gasteiger partial charge < -0.3 is 9.29 Å². The minimum absolute atomic E-state index is 0.757. The van der Waals surface area contributed by atoms with Crippen LogP contribution in [0.2, 0.25) is 0 Å². The SMILES string of the molecule is CCCCCCCOc1c(-c2ccccc2)n(C)[n+](C)c1-c1ccccc1.COS(=O)(=O)[O-]. The zero-order valence-corrected chi connectivity index (χ0v) is 20.7. The normalized spacial score (nSPS) is 11.1. The van der Waals surface area contributed by atoms with Crippen molar-refractivity contribution in [2.45, 2.75) is 39.0 Å². The molecule has 0 saturated heterocycles. The summed E-state index contributed by atoms with van der Waals surface area (Å²) in [4.78, 5) is 0. The van der Waals surface area contributed by atoms with E-state index in [0.29, 0.717) is 0 Å². The van der Waals surface area contributed by atoms with Crippen molar-refractivity contribution in [2.24, 2.45) is 14.1 Å². The molecule has 0 bridgehead atoms. The van der Waals surface area contributed by atoms with E-state index in [1.165, 1.54) is 36.8 Å². The van der Waals surface area contributed by atoms with E-state index >= 15 is 0 Å². The Bertz CT molecular complexity index is 1020. The van der Waals surface area contributed by atoms with E-state index in [1.807, 2.05) is 0 Å². The fraction of sp³-hybridized carbons (Fsp3) is 0.400. The third-order valence-electron chi connectivity index (χ3n) is 5.32. The van der Waals surface area contributed by atoms with Crippen LogP contribution in [0.3, 0.4) is 0 Å². The third-order valence-corrected chi connectivity index (χ3v) is 5.73. The molecule has 2 aromatic carbocycles. The summed E-state index contributed by atoms with van der Waals surface area (Å²) in [6.07, 6.45) is 6.20. The van der Waals surface area contributed by atoms with Crippen LogP contribution >= 0.6 is 0 Å². The molecule has 1 heterocycles. The summed E-state index contributed by atoms with van der Waals surface area (Å²) < 4.78 is 41.8. The van der Waals surface area contributed by atoms with E-state index in [9.17, 15) is 13.0 Å². The lowest BCUT2D eigenvalue weighted by Gasteiger charge is -2.07. The van der Waals surface area contributed by atoms with Gasteiger partial charge in [0.2, 0.25) is 16.1 Å². The molecule has 33 heavy (non-hydrogen) atoms. The van der Waals surface area contributed by atoms with E-state index < -0.39 is 10.4 Å². The first-order chi connectivity index (χ1) is 15.8. The van der Waals surface area contributed by atoms with Gasteiger partial charge in [-0.05, 0) is 18.6 Å². The molecule has 0 atom stereocenters. The van der Waals surface area contributed by atoms with E-state index in [4.69, 9.17) is 4.74 Å². The zero-order valence-electron chi connectivity index (χ0n) is 19.9. The molecular weight excluding hydrogens is 440 g/mol. The van der Waals surface area contributed by atoms with Crippen LogP contribution in [0.4, 0.5) is 0 Å². The number of hydrogen-bond acceptors (Lipinski definition) is 5. The Morgan fingerprint density at radius 1 is 0.909 bits per heavy atom. The van der Waals surface area contributed by atoms with Crippen LogP contribution < -0.4 is 9.42 Å². The standard InChI is InChI=1S/C24H31N2O.CH4O4S/c1-4-5-6-7-14-19-27-24-22(20-15-10-8-11-16-20)25(2)26(3)23(24)21-17-12-9-13-18-21;1-5-6(2,3)4/h8-13,15-18H,4-7,14,19H2,1-3H3;1H3,(H,2,3,4)/q+1;/p-1.